The Balaban J connectivity index is 0.000000383. The maximum Gasteiger partial charge on any atom is 0.293 e. The Bertz CT molecular complexity index is 621. The minimum absolute atomic E-state index is 0.114. The van der Waals surface area contributed by atoms with E-state index >= 15 is 0 Å². The smallest absolute Gasteiger partial charge is 0.293 e. The van der Waals surface area contributed by atoms with E-state index in [1.807, 2.05) is 13.0 Å². The van der Waals surface area contributed by atoms with Crippen LogP contribution in [0.25, 0.3) is 10.9 Å². The topological polar surface area (TPSA) is 83.6 Å². The van der Waals surface area contributed by atoms with Crippen LogP contribution in [0.15, 0.2) is 24.4 Å². The molecule has 0 radical (unpaired) electrons. The lowest BCUT2D eigenvalue weighted by Gasteiger charge is -2.04. The Morgan fingerprint density at radius 1 is 1.38 bits per heavy atom. The summed E-state index contributed by atoms with van der Waals surface area (Å²) >= 11 is 0. The molecule has 1 aromatic carbocycles. The molecule has 0 saturated carbocycles. The summed E-state index contributed by atoms with van der Waals surface area (Å²) in [5.74, 6) is 0. The molecule has 0 atom stereocenters. The van der Waals surface area contributed by atoms with Gasteiger partial charge in [0.25, 0.3) is 12.2 Å². The zero-order valence-corrected chi connectivity index (χ0v) is 12.2. The van der Waals surface area contributed by atoms with Gasteiger partial charge in [-0.05, 0) is 25.5 Å². The van der Waals surface area contributed by atoms with Crippen molar-refractivity contribution >= 4 is 23.1 Å². The lowest BCUT2D eigenvalue weighted by molar-refractivity contribution is -0.383. The van der Waals surface area contributed by atoms with Crippen LogP contribution in [0.4, 0.5) is 5.69 Å². The van der Waals surface area contributed by atoms with Crippen LogP contribution in [-0.2, 0) is 21.0 Å². The summed E-state index contributed by atoms with van der Waals surface area (Å²) in [7, 11) is 1.56. The third-order valence-corrected chi connectivity index (χ3v) is 2.82. The molecule has 0 saturated heterocycles. The first kappa shape index (κ1) is 16.6. The summed E-state index contributed by atoms with van der Waals surface area (Å²) in [6, 6.07) is 5.16. The monoisotopic (exact) mass is 294 g/mol. The molecule has 1 heterocycles. The lowest BCUT2D eigenvalue weighted by atomic mass is 10.1. The highest BCUT2D eigenvalue weighted by Crippen LogP contribution is 2.29. The highest BCUT2D eigenvalue weighted by molar-refractivity contribution is 5.91. The van der Waals surface area contributed by atoms with Gasteiger partial charge < -0.3 is 14.0 Å². The molecule has 0 unspecified atom stereocenters. The number of carbonyl (C=O) groups is 1. The second-order valence-corrected chi connectivity index (χ2v) is 4.18. The van der Waals surface area contributed by atoms with Gasteiger partial charge in [0.1, 0.15) is 12.2 Å². The second kappa shape index (κ2) is 8.01. The highest BCUT2D eigenvalue weighted by Gasteiger charge is 2.16. The molecule has 0 spiro atoms. The average molecular weight is 294 g/mol. The molecule has 0 aliphatic carbocycles. The van der Waals surface area contributed by atoms with Gasteiger partial charge in [0.15, 0.2) is 0 Å². The molecule has 0 aliphatic heterocycles. The number of fused-ring (bicyclic) bond motifs is 1. The van der Waals surface area contributed by atoms with Gasteiger partial charge in [0.2, 0.25) is 0 Å². The number of carbonyl (C=O) groups excluding carboxylic acids is 1. The van der Waals surface area contributed by atoms with Gasteiger partial charge in [-0.3, -0.25) is 14.9 Å². The molecule has 114 valence electrons. The Kier molecular flexibility index (Phi) is 6.35. The predicted octanol–water partition coefficient (Wildman–Crippen LogP) is 2.64. The summed E-state index contributed by atoms with van der Waals surface area (Å²) in [5.41, 5.74) is 1.75. The summed E-state index contributed by atoms with van der Waals surface area (Å²) in [5, 5.41) is 11.8. The van der Waals surface area contributed by atoms with Crippen molar-refractivity contribution in [3.8, 4) is 0 Å². The van der Waals surface area contributed by atoms with E-state index in [1.54, 1.807) is 30.9 Å². The molecular weight excluding hydrogens is 276 g/mol. The molecule has 21 heavy (non-hydrogen) atoms. The van der Waals surface area contributed by atoms with Crippen molar-refractivity contribution in [1.29, 1.82) is 0 Å². The molecular formula is C14H18N2O5. The molecule has 0 amide bonds. The number of non-ortho nitro benzene ring substituents is 1. The number of benzene rings is 1. The van der Waals surface area contributed by atoms with E-state index < -0.39 is 0 Å². The number of nitrogens with zero attached hydrogens (tertiary/aromatic N) is 2. The number of hydrogen-bond donors (Lipinski definition) is 0. The number of methoxy groups -OCH3 is 1. The summed E-state index contributed by atoms with van der Waals surface area (Å²) in [6.07, 6.45) is 1.80. The first-order valence-electron chi connectivity index (χ1n) is 6.33. The first-order chi connectivity index (χ1) is 10.1. The number of nitro groups is 1. The van der Waals surface area contributed by atoms with E-state index in [0.29, 0.717) is 25.3 Å². The number of rotatable bonds is 5. The van der Waals surface area contributed by atoms with Crippen molar-refractivity contribution in [3.63, 3.8) is 0 Å². The van der Waals surface area contributed by atoms with E-state index in [4.69, 9.17) is 4.74 Å². The third kappa shape index (κ3) is 4.03. The van der Waals surface area contributed by atoms with Crippen molar-refractivity contribution in [2.75, 3.05) is 13.7 Å². The first-order valence-corrected chi connectivity index (χ1v) is 6.33. The Morgan fingerprint density at radius 2 is 2.10 bits per heavy atom. The van der Waals surface area contributed by atoms with Gasteiger partial charge in [-0.1, -0.05) is 6.07 Å². The molecule has 0 fully saturated rings. The van der Waals surface area contributed by atoms with E-state index in [0.717, 1.165) is 10.9 Å². The second-order valence-electron chi connectivity index (χ2n) is 4.18. The quantitative estimate of drug-likeness (QED) is 0.481. The van der Waals surface area contributed by atoms with Crippen LogP contribution in [0.1, 0.15) is 12.5 Å². The Labute approximate surface area is 122 Å². The van der Waals surface area contributed by atoms with E-state index in [-0.39, 0.29) is 10.6 Å². The molecule has 2 aromatic rings. The minimum Gasteiger partial charge on any atom is -0.468 e. The number of nitro benzene ring substituents is 1. The average Bonchev–Trinajstić information content (AvgIpc) is 2.86. The number of aromatic nitrogens is 1. The van der Waals surface area contributed by atoms with E-state index in [1.165, 1.54) is 6.07 Å². The summed E-state index contributed by atoms with van der Waals surface area (Å²) < 4.78 is 10.9. The van der Waals surface area contributed by atoms with Crippen LogP contribution in [0.2, 0.25) is 0 Å². The molecule has 1 aromatic heterocycles. The van der Waals surface area contributed by atoms with Crippen LogP contribution >= 0.6 is 0 Å². The van der Waals surface area contributed by atoms with Crippen LogP contribution < -0.4 is 0 Å². The molecule has 2 rings (SSSR count). The minimum atomic E-state index is -0.367. The molecule has 7 nitrogen and oxygen atoms in total. The van der Waals surface area contributed by atoms with Crippen LogP contribution in [-0.4, -0.2) is 29.7 Å². The Hall–Kier alpha value is -2.41. The van der Waals surface area contributed by atoms with Gasteiger partial charge in [-0.25, -0.2) is 0 Å². The molecule has 0 bridgehead atoms. The predicted molar refractivity (Wildman–Crippen MR) is 78.0 cm³/mol. The van der Waals surface area contributed by atoms with Crippen LogP contribution in [0.5, 0.6) is 0 Å². The van der Waals surface area contributed by atoms with Gasteiger partial charge in [-0.2, -0.15) is 0 Å². The highest BCUT2D eigenvalue weighted by atomic mass is 16.6. The fourth-order valence-electron chi connectivity index (χ4n) is 1.91. The van der Waals surface area contributed by atoms with Crippen molar-refractivity contribution in [2.24, 2.45) is 0 Å². The molecule has 0 N–H and O–H groups in total. The Morgan fingerprint density at radius 3 is 2.57 bits per heavy atom. The number of aryl methyl sites for hydroxylation is 1. The van der Waals surface area contributed by atoms with Gasteiger partial charge in [0.05, 0.1) is 11.5 Å². The van der Waals surface area contributed by atoms with Gasteiger partial charge in [0, 0.05) is 24.8 Å². The lowest BCUT2D eigenvalue weighted by Crippen LogP contribution is -2.00. The fourth-order valence-corrected chi connectivity index (χ4v) is 1.91. The van der Waals surface area contributed by atoms with Crippen LogP contribution in [0, 0.1) is 17.0 Å². The standard InChI is InChI=1S/C11H12N2O3.C3H6O2/c1-8-3-4-10(13(14)15)11-9(8)5-6-12(11)7-16-2;1-2-5-3-4/h3-6H,7H2,1-2H3;3H,2H2,1H3. The largest absolute Gasteiger partial charge is 0.468 e. The van der Waals surface area contributed by atoms with Gasteiger partial charge in [-0.15, -0.1) is 0 Å². The zero-order chi connectivity index (χ0) is 15.8. The SMILES string of the molecule is CCOC=O.COCn1ccc2c(C)ccc([N+](=O)[O-])c21. The van der Waals surface area contributed by atoms with Crippen molar-refractivity contribution in [3.05, 3.63) is 40.1 Å². The van der Waals surface area contributed by atoms with Crippen molar-refractivity contribution < 1.29 is 19.2 Å². The van der Waals surface area contributed by atoms with E-state index in [9.17, 15) is 14.9 Å². The van der Waals surface area contributed by atoms with Crippen LogP contribution in [0.3, 0.4) is 0 Å². The summed E-state index contributed by atoms with van der Waals surface area (Å²) in [6.45, 7) is 4.91. The fraction of sp³-hybridized carbons (Fsp3) is 0.357. The normalized spacial score (nSPS) is 9.86. The summed E-state index contributed by atoms with van der Waals surface area (Å²) in [4.78, 5) is 19.7. The number of ether oxygens (including phenoxy) is 2. The molecule has 0 aliphatic rings. The number of hydrogen-bond acceptors (Lipinski definition) is 5. The van der Waals surface area contributed by atoms with Gasteiger partial charge >= 0.3 is 0 Å². The van der Waals surface area contributed by atoms with E-state index in [2.05, 4.69) is 4.74 Å². The molecule has 7 heteroatoms. The zero-order valence-electron chi connectivity index (χ0n) is 12.2. The maximum atomic E-state index is 10.9. The maximum absolute atomic E-state index is 10.9. The van der Waals surface area contributed by atoms with Crippen molar-refractivity contribution in [1.82, 2.24) is 4.57 Å². The van der Waals surface area contributed by atoms with Crippen molar-refractivity contribution in [2.45, 2.75) is 20.6 Å². The third-order valence-electron chi connectivity index (χ3n) is 2.82.